The van der Waals surface area contributed by atoms with Gasteiger partial charge in [0, 0.05) is 59.0 Å². The quantitative estimate of drug-likeness (QED) is 0.163. The number of fused-ring (bicyclic) bond motifs is 16. The Morgan fingerprint density at radius 3 is 1.70 bits per heavy atom. The standard InChI is InChI=1S/C72H56BN3S/c1-69(2)36-37-70(3,4)55-41-60-49(38-54(55)69)65-62(74-57-32-17-14-28-50(57)71(5,6)51-29-15-18-33-58(51)74)40-48-46-27-21-31-53-67(46)76(59-34-19-16-30-52(59)72(53,43-22-9-7-10-23-43)44-24-11-8-12-25-44)73-56-42-64-47(45-26-13-20-35-63(45)77-64)39-61(56)75(60)68(65)66(48)73/h7-35,38-42H,36-37H2,1-6H3. The van der Waals surface area contributed by atoms with E-state index >= 15 is 0 Å². The van der Waals surface area contributed by atoms with E-state index in [9.17, 15) is 0 Å². The summed E-state index contributed by atoms with van der Waals surface area (Å²) in [5, 5.41) is 5.30. The maximum Gasteiger partial charge on any atom is 0.333 e. The predicted molar refractivity (Wildman–Crippen MR) is 327 cm³/mol. The zero-order chi connectivity index (χ0) is 51.5. The van der Waals surface area contributed by atoms with E-state index in [0.717, 1.165) is 12.8 Å². The molecule has 77 heavy (non-hydrogen) atoms. The number of rotatable bonds is 3. The molecule has 0 saturated heterocycles. The first-order valence-electron chi connectivity index (χ1n) is 27.8. The van der Waals surface area contributed by atoms with E-state index in [1.165, 1.54) is 143 Å². The molecule has 1 aliphatic carbocycles. The Bertz CT molecular complexity index is 4490. The molecule has 4 aliphatic heterocycles. The molecule has 368 valence electrons. The fourth-order valence-corrected chi connectivity index (χ4v) is 16.9. The van der Waals surface area contributed by atoms with Gasteiger partial charge in [0.25, 0.3) is 0 Å². The third-order valence-electron chi connectivity index (χ3n) is 19.4. The highest BCUT2D eigenvalue weighted by atomic mass is 32.1. The Morgan fingerprint density at radius 2 is 1.01 bits per heavy atom. The molecule has 0 fully saturated rings. The van der Waals surface area contributed by atoms with Gasteiger partial charge in [-0.05, 0) is 139 Å². The van der Waals surface area contributed by atoms with Crippen molar-refractivity contribution < 1.29 is 0 Å². The van der Waals surface area contributed by atoms with Gasteiger partial charge in [0.15, 0.2) is 0 Å². The fraction of sp³-hybridized carbons (Fsp3) is 0.167. The van der Waals surface area contributed by atoms with Crippen molar-refractivity contribution in [1.82, 2.24) is 4.57 Å². The van der Waals surface area contributed by atoms with Gasteiger partial charge in [-0.1, -0.05) is 193 Å². The van der Waals surface area contributed by atoms with Crippen LogP contribution in [0.2, 0.25) is 0 Å². The highest BCUT2D eigenvalue weighted by molar-refractivity contribution is 7.26. The van der Waals surface area contributed by atoms with Crippen LogP contribution in [0.5, 0.6) is 0 Å². The second kappa shape index (κ2) is 14.9. The molecule has 0 N–H and O–H groups in total. The molecule has 10 aromatic carbocycles. The zero-order valence-electron chi connectivity index (χ0n) is 44.4. The molecule has 0 radical (unpaired) electrons. The smallest absolute Gasteiger partial charge is 0.333 e. The number of thiophene rings is 1. The molecule has 0 amide bonds. The number of nitrogens with zero attached hydrogens (tertiary/aromatic N) is 3. The molecule has 2 aromatic heterocycles. The number of anilines is 5. The summed E-state index contributed by atoms with van der Waals surface area (Å²) in [6, 6.07) is 80.0. The SMILES string of the molecule is CC1(C)CCC(C)(C)c2cc3c(cc21)c1c(N2c4ccccc4C(C)(C)c4ccccc42)cc2c4c1n3-c1cc3c(cc1B4N1c4ccccc4C(c4ccccc4)(c4ccccc4)c4cccc-2c41)sc1ccccc13. The van der Waals surface area contributed by atoms with Crippen LogP contribution < -0.4 is 20.6 Å². The lowest BCUT2D eigenvalue weighted by Gasteiger charge is -2.52. The summed E-state index contributed by atoms with van der Waals surface area (Å²) in [5.74, 6) is 0. The Labute approximate surface area is 454 Å². The maximum atomic E-state index is 2.80. The van der Waals surface area contributed by atoms with E-state index < -0.39 is 5.41 Å². The number of para-hydroxylation sites is 4. The molecule has 0 spiro atoms. The third-order valence-corrected chi connectivity index (χ3v) is 20.6. The summed E-state index contributed by atoms with van der Waals surface area (Å²) in [6.45, 7) is 14.6. The molecule has 0 atom stereocenters. The van der Waals surface area contributed by atoms with Gasteiger partial charge >= 0.3 is 6.85 Å². The van der Waals surface area contributed by atoms with Gasteiger partial charge in [-0.25, -0.2) is 0 Å². The van der Waals surface area contributed by atoms with Crippen molar-refractivity contribution in [3.05, 3.63) is 251 Å². The first kappa shape index (κ1) is 44.1. The van der Waals surface area contributed by atoms with Gasteiger partial charge in [0.2, 0.25) is 0 Å². The van der Waals surface area contributed by atoms with E-state index in [1.54, 1.807) is 0 Å². The van der Waals surface area contributed by atoms with Crippen molar-refractivity contribution in [2.24, 2.45) is 0 Å². The molecule has 17 rings (SSSR count). The van der Waals surface area contributed by atoms with Crippen LogP contribution in [0.1, 0.15) is 98.9 Å². The van der Waals surface area contributed by atoms with Crippen LogP contribution in [-0.2, 0) is 21.7 Å². The lowest BCUT2D eigenvalue weighted by molar-refractivity contribution is 0.332. The highest BCUT2D eigenvalue weighted by Crippen LogP contribution is 2.62. The Hall–Kier alpha value is -8.12. The fourth-order valence-electron chi connectivity index (χ4n) is 15.8. The number of benzene rings is 10. The molecule has 5 aliphatic rings. The second-order valence-electron chi connectivity index (χ2n) is 24.6. The molecule has 0 saturated carbocycles. The Balaban J connectivity index is 1.11. The molecular weight excluding hydrogens is 950 g/mol. The minimum atomic E-state index is -0.609. The van der Waals surface area contributed by atoms with E-state index in [4.69, 9.17) is 0 Å². The number of aromatic nitrogens is 1. The molecule has 5 heteroatoms. The van der Waals surface area contributed by atoms with Crippen LogP contribution >= 0.6 is 11.3 Å². The van der Waals surface area contributed by atoms with Crippen molar-refractivity contribution in [2.45, 2.75) is 76.0 Å². The summed E-state index contributed by atoms with van der Waals surface area (Å²) < 4.78 is 5.42. The van der Waals surface area contributed by atoms with Crippen LogP contribution in [0.4, 0.5) is 28.4 Å². The number of hydrogen-bond donors (Lipinski definition) is 0. The summed E-state index contributed by atoms with van der Waals surface area (Å²) in [6.07, 6.45) is 2.30. The van der Waals surface area contributed by atoms with Crippen molar-refractivity contribution in [3.8, 4) is 16.8 Å². The zero-order valence-corrected chi connectivity index (χ0v) is 45.2. The minimum absolute atomic E-state index is 0.00935. The van der Waals surface area contributed by atoms with E-state index in [2.05, 4.69) is 262 Å². The van der Waals surface area contributed by atoms with Gasteiger partial charge < -0.3 is 14.3 Å². The average molecular weight is 1010 g/mol. The molecule has 0 bridgehead atoms. The lowest BCUT2D eigenvalue weighted by atomic mass is 9.42. The summed E-state index contributed by atoms with van der Waals surface area (Å²) in [4.78, 5) is 5.47. The largest absolute Gasteiger partial charge is 0.376 e. The molecule has 3 nitrogen and oxygen atoms in total. The van der Waals surface area contributed by atoms with Crippen molar-refractivity contribution >= 4 is 99.5 Å². The van der Waals surface area contributed by atoms with Crippen LogP contribution in [0.25, 0.3) is 58.8 Å². The second-order valence-corrected chi connectivity index (χ2v) is 25.7. The van der Waals surface area contributed by atoms with Crippen LogP contribution in [0.3, 0.4) is 0 Å². The van der Waals surface area contributed by atoms with Crippen LogP contribution in [0.15, 0.2) is 206 Å². The van der Waals surface area contributed by atoms with E-state index in [0.29, 0.717) is 0 Å². The lowest BCUT2D eigenvalue weighted by Crippen LogP contribution is -2.62. The van der Waals surface area contributed by atoms with Crippen molar-refractivity contribution in [2.75, 3.05) is 9.71 Å². The topological polar surface area (TPSA) is 11.4 Å². The first-order valence-corrected chi connectivity index (χ1v) is 28.6. The van der Waals surface area contributed by atoms with Gasteiger partial charge in [-0.3, -0.25) is 0 Å². The maximum absolute atomic E-state index is 2.80. The molecule has 6 heterocycles. The average Bonchev–Trinajstić information content (AvgIpc) is 4.20. The van der Waals surface area contributed by atoms with Gasteiger partial charge in [-0.15, -0.1) is 11.3 Å². The summed E-state index contributed by atoms with van der Waals surface area (Å²) >= 11 is 1.93. The highest BCUT2D eigenvalue weighted by Gasteiger charge is 2.54. The number of hydrogen-bond acceptors (Lipinski definition) is 3. The van der Waals surface area contributed by atoms with E-state index in [1.807, 2.05) is 11.3 Å². The summed E-state index contributed by atoms with van der Waals surface area (Å²) in [5.41, 5.74) is 25.4. The van der Waals surface area contributed by atoms with Crippen LogP contribution in [0, 0.1) is 0 Å². The van der Waals surface area contributed by atoms with E-state index in [-0.39, 0.29) is 23.1 Å². The van der Waals surface area contributed by atoms with Crippen molar-refractivity contribution in [3.63, 3.8) is 0 Å². The van der Waals surface area contributed by atoms with Crippen molar-refractivity contribution in [1.29, 1.82) is 0 Å². The predicted octanol–water partition coefficient (Wildman–Crippen LogP) is 17.5. The molecular formula is C72H56BN3S. The van der Waals surface area contributed by atoms with Gasteiger partial charge in [0.1, 0.15) is 0 Å². The first-order chi connectivity index (χ1) is 37.5. The Kier molecular flexibility index (Phi) is 8.51. The molecule has 0 unspecified atom stereocenters. The monoisotopic (exact) mass is 1010 g/mol. The normalized spacial score (nSPS) is 17.2. The van der Waals surface area contributed by atoms with Gasteiger partial charge in [0.05, 0.1) is 33.5 Å². The van der Waals surface area contributed by atoms with Gasteiger partial charge in [-0.2, -0.15) is 0 Å². The minimum Gasteiger partial charge on any atom is -0.376 e. The third kappa shape index (κ3) is 5.43. The summed E-state index contributed by atoms with van der Waals surface area (Å²) in [7, 11) is 0. The Morgan fingerprint density at radius 1 is 0.429 bits per heavy atom. The van der Waals surface area contributed by atoms with Crippen LogP contribution in [-0.4, -0.2) is 11.4 Å². The molecule has 12 aromatic rings.